The van der Waals surface area contributed by atoms with Gasteiger partial charge in [0.15, 0.2) is 0 Å². The molecule has 2 aromatic carbocycles. The molecule has 0 N–H and O–H groups in total. The third kappa shape index (κ3) is 1.36. The fourth-order valence-corrected chi connectivity index (χ4v) is 2.55. The molecule has 1 aliphatic rings. The molecule has 0 saturated heterocycles. The highest BCUT2D eigenvalue weighted by Gasteiger charge is 2.42. The van der Waals surface area contributed by atoms with Gasteiger partial charge in [-0.25, -0.2) is 0 Å². The fourth-order valence-electron chi connectivity index (χ4n) is 1.68. The summed E-state index contributed by atoms with van der Waals surface area (Å²) in [5, 5.41) is 1.77. The van der Waals surface area contributed by atoms with Gasteiger partial charge >= 0.3 is 5.44 Å². The van der Waals surface area contributed by atoms with Crippen LogP contribution in [0, 0.1) is 0 Å². The molecule has 0 saturated carbocycles. The summed E-state index contributed by atoms with van der Waals surface area (Å²) in [7, 11) is 0. The number of alkyl halides is 2. The maximum Gasteiger partial charge on any atom is 0.457 e. The second-order valence-electron chi connectivity index (χ2n) is 3.28. The van der Waals surface area contributed by atoms with E-state index in [0.29, 0.717) is 16.7 Å². The summed E-state index contributed by atoms with van der Waals surface area (Å²) in [6.07, 6.45) is 0. The van der Waals surface area contributed by atoms with Gasteiger partial charge in [0.1, 0.15) is 5.75 Å². The highest BCUT2D eigenvalue weighted by molar-refractivity contribution is 8.00. The molecule has 1 nitrogen and oxygen atoms in total. The SMILES string of the molecule is FC1(F)Oc2ccc3ccccc3c2S1. The summed E-state index contributed by atoms with van der Waals surface area (Å²) >= 11 is 0.467. The van der Waals surface area contributed by atoms with Gasteiger partial charge in [0.2, 0.25) is 0 Å². The van der Waals surface area contributed by atoms with Crippen LogP contribution in [-0.2, 0) is 0 Å². The Labute approximate surface area is 89.0 Å². The van der Waals surface area contributed by atoms with Crippen LogP contribution in [0.25, 0.3) is 10.8 Å². The number of hydrogen-bond acceptors (Lipinski definition) is 2. The average molecular weight is 224 g/mol. The van der Waals surface area contributed by atoms with Crippen molar-refractivity contribution in [3.05, 3.63) is 36.4 Å². The standard InChI is InChI=1S/C11H6F2OS/c12-11(13)14-9-6-5-7-3-1-2-4-8(7)10(9)15-11/h1-6H. The molecule has 0 aliphatic carbocycles. The number of halogens is 2. The Kier molecular flexibility index (Phi) is 1.71. The van der Waals surface area contributed by atoms with Crippen molar-refractivity contribution in [2.75, 3.05) is 0 Å². The van der Waals surface area contributed by atoms with Crippen LogP contribution in [0.2, 0.25) is 0 Å². The molecule has 0 unspecified atom stereocenters. The molecule has 15 heavy (non-hydrogen) atoms. The van der Waals surface area contributed by atoms with Crippen LogP contribution in [0.4, 0.5) is 8.78 Å². The predicted octanol–water partition coefficient (Wildman–Crippen LogP) is 3.87. The van der Waals surface area contributed by atoms with Crippen LogP contribution in [0.3, 0.4) is 0 Å². The molecule has 76 valence electrons. The second-order valence-corrected chi connectivity index (χ2v) is 4.37. The summed E-state index contributed by atoms with van der Waals surface area (Å²) in [6.45, 7) is 0. The average Bonchev–Trinajstić information content (AvgIpc) is 2.52. The van der Waals surface area contributed by atoms with Crippen molar-refractivity contribution in [1.29, 1.82) is 0 Å². The van der Waals surface area contributed by atoms with E-state index in [1.54, 1.807) is 12.1 Å². The number of hydrogen-bond donors (Lipinski definition) is 0. The first-order chi connectivity index (χ1) is 7.16. The Balaban J connectivity index is 2.29. The van der Waals surface area contributed by atoms with E-state index < -0.39 is 5.44 Å². The first-order valence-corrected chi connectivity index (χ1v) is 5.25. The smallest absolute Gasteiger partial charge is 0.423 e. The maximum absolute atomic E-state index is 13.0. The van der Waals surface area contributed by atoms with Crippen molar-refractivity contribution < 1.29 is 13.5 Å². The van der Waals surface area contributed by atoms with E-state index in [4.69, 9.17) is 0 Å². The normalized spacial score (nSPS) is 17.5. The van der Waals surface area contributed by atoms with Gasteiger partial charge in [-0.1, -0.05) is 30.3 Å². The molecule has 0 bridgehead atoms. The quantitative estimate of drug-likeness (QED) is 0.671. The molecule has 2 aromatic rings. The lowest BCUT2D eigenvalue weighted by atomic mass is 10.1. The van der Waals surface area contributed by atoms with Crippen molar-refractivity contribution in [3.63, 3.8) is 0 Å². The van der Waals surface area contributed by atoms with E-state index in [9.17, 15) is 8.78 Å². The van der Waals surface area contributed by atoms with Crippen molar-refractivity contribution in [2.24, 2.45) is 0 Å². The minimum atomic E-state index is -3.13. The van der Waals surface area contributed by atoms with Crippen molar-refractivity contribution in [3.8, 4) is 5.75 Å². The van der Waals surface area contributed by atoms with Gasteiger partial charge in [0.25, 0.3) is 0 Å². The lowest BCUT2D eigenvalue weighted by molar-refractivity contribution is -0.0821. The van der Waals surface area contributed by atoms with Crippen molar-refractivity contribution in [2.45, 2.75) is 10.3 Å². The Morgan fingerprint density at radius 2 is 1.87 bits per heavy atom. The molecule has 4 heteroatoms. The van der Waals surface area contributed by atoms with E-state index in [1.807, 2.05) is 24.3 Å². The molecule has 0 fully saturated rings. The second kappa shape index (κ2) is 2.85. The molecule has 3 rings (SSSR count). The predicted molar refractivity (Wildman–Crippen MR) is 55.4 cm³/mol. The monoisotopic (exact) mass is 224 g/mol. The van der Waals surface area contributed by atoms with Crippen LogP contribution < -0.4 is 4.74 Å². The summed E-state index contributed by atoms with van der Waals surface area (Å²) in [5.74, 6) is 0.267. The molecule has 1 aliphatic heterocycles. The number of thioether (sulfide) groups is 1. The molecule has 1 heterocycles. The summed E-state index contributed by atoms with van der Waals surface area (Å²) in [4.78, 5) is 0.526. The number of benzene rings is 2. The van der Waals surface area contributed by atoms with Crippen LogP contribution in [-0.4, -0.2) is 5.44 Å². The van der Waals surface area contributed by atoms with Crippen LogP contribution in [0.1, 0.15) is 0 Å². The molecular formula is C11H6F2OS. The zero-order valence-electron chi connectivity index (χ0n) is 7.54. The van der Waals surface area contributed by atoms with E-state index in [0.717, 1.165) is 10.8 Å². The lowest BCUT2D eigenvalue weighted by Crippen LogP contribution is -2.13. The van der Waals surface area contributed by atoms with Gasteiger partial charge < -0.3 is 4.74 Å². The topological polar surface area (TPSA) is 9.23 Å². The Morgan fingerprint density at radius 1 is 1.07 bits per heavy atom. The van der Waals surface area contributed by atoms with Gasteiger partial charge in [0, 0.05) is 0 Å². The summed E-state index contributed by atoms with van der Waals surface area (Å²) in [5.41, 5.74) is -3.13. The molecule has 0 aromatic heterocycles. The van der Waals surface area contributed by atoms with Crippen LogP contribution >= 0.6 is 11.8 Å². The maximum atomic E-state index is 13.0. The van der Waals surface area contributed by atoms with Crippen LogP contribution in [0.5, 0.6) is 5.75 Å². The minimum absolute atomic E-state index is 0.267. The van der Waals surface area contributed by atoms with E-state index in [-0.39, 0.29) is 5.75 Å². The highest BCUT2D eigenvalue weighted by Crippen LogP contribution is 2.51. The zero-order valence-corrected chi connectivity index (χ0v) is 8.35. The Morgan fingerprint density at radius 3 is 2.73 bits per heavy atom. The number of ether oxygens (including phenoxy) is 1. The highest BCUT2D eigenvalue weighted by atomic mass is 32.2. The van der Waals surface area contributed by atoms with Gasteiger partial charge in [-0.05, 0) is 28.6 Å². The lowest BCUT2D eigenvalue weighted by Gasteiger charge is -2.04. The van der Waals surface area contributed by atoms with E-state index in [1.165, 1.54) is 0 Å². The number of fused-ring (bicyclic) bond motifs is 3. The first kappa shape index (κ1) is 8.97. The fraction of sp³-hybridized carbons (Fsp3) is 0.0909. The van der Waals surface area contributed by atoms with E-state index >= 15 is 0 Å². The Bertz CT molecular complexity index is 539. The minimum Gasteiger partial charge on any atom is -0.423 e. The molecular weight excluding hydrogens is 218 g/mol. The summed E-state index contributed by atoms with van der Waals surface area (Å²) in [6, 6.07) is 10.8. The van der Waals surface area contributed by atoms with Gasteiger partial charge in [0.05, 0.1) is 4.90 Å². The molecule has 0 spiro atoms. The van der Waals surface area contributed by atoms with Gasteiger partial charge in [-0.15, -0.1) is 0 Å². The summed E-state index contributed by atoms with van der Waals surface area (Å²) < 4.78 is 30.5. The van der Waals surface area contributed by atoms with Crippen molar-refractivity contribution in [1.82, 2.24) is 0 Å². The molecule has 0 radical (unpaired) electrons. The molecule has 0 amide bonds. The van der Waals surface area contributed by atoms with Crippen molar-refractivity contribution >= 4 is 22.5 Å². The zero-order chi connectivity index (χ0) is 10.5. The molecule has 0 atom stereocenters. The van der Waals surface area contributed by atoms with Crippen LogP contribution in [0.15, 0.2) is 41.3 Å². The third-order valence-electron chi connectivity index (χ3n) is 2.29. The number of rotatable bonds is 0. The van der Waals surface area contributed by atoms with Gasteiger partial charge in [-0.2, -0.15) is 8.78 Å². The van der Waals surface area contributed by atoms with Gasteiger partial charge in [-0.3, -0.25) is 0 Å². The first-order valence-electron chi connectivity index (χ1n) is 4.43. The Hall–Kier alpha value is -1.29. The largest absolute Gasteiger partial charge is 0.457 e. The third-order valence-corrected chi connectivity index (χ3v) is 3.24. The van der Waals surface area contributed by atoms with E-state index in [2.05, 4.69) is 4.74 Å².